The van der Waals surface area contributed by atoms with Crippen molar-refractivity contribution < 1.29 is 17.9 Å². The van der Waals surface area contributed by atoms with Gasteiger partial charge in [-0.3, -0.25) is 4.79 Å². The van der Waals surface area contributed by atoms with Crippen LogP contribution < -0.4 is 14.8 Å². The molecule has 1 heterocycles. The molecule has 0 saturated heterocycles. The zero-order valence-corrected chi connectivity index (χ0v) is 19.4. The molecule has 174 valence electrons. The fourth-order valence-corrected chi connectivity index (χ4v) is 4.40. The molecule has 0 aliphatic rings. The number of nitrogens with one attached hydrogen (secondary N) is 2. The van der Waals surface area contributed by atoms with Gasteiger partial charge in [0.1, 0.15) is 17.0 Å². The molecule has 2 N–H and O–H groups in total. The Kier molecular flexibility index (Phi) is 6.87. The predicted molar refractivity (Wildman–Crippen MR) is 126 cm³/mol. The smallest absolute Gasteiger partial charge is 0.255 e. The Morgan fingerprint density at radius 2 is 1.79 bits per heavy atom. The molecule has 0 aliphatic carbocycles. The first-order valence-corrected chi connectivity index (χ1v) is 11.8. The van der Waals surface area contributed by atoms with Crippen molar-refractivity contribution in [3.63, 3.8) is 0 Å². The maximum absolute atomic E-state index is 13.0. The third kappa shape index (κ3) is 5.39. The number of aromatic nitrogens is 4. The van der Waals surface area contributed by atoms with Gasteiger partial charge in [-0.1, -0.05) is 23.7 Å². The molecule has 12 heteroatoms. The Bertz CT molecular complexity index is 1390. The fraction of sp³-hybridized carbons (Fsp3) is 0.0909. The maximum Gasteiger partial charge on any atom is 0.255 e. The van der Waals surface area contributed by atoms with Crippen molar-refractivity contribution in [3.8, 4) is 11.4 Å². The lowest BCUT2D eigenvalue weighted by molar-refractivity contribution is 0.102. The van der Waals surface area contributed by atoms with Gasteiger partial charge in [-0.15, -0.1) is 5.10 Å². The Morgan fingerprint density at radius 1 is 1.06 bits per heavy atom. The van der Waals surface area contributed by atoms with Crippen molar-refractivity contribution in [1.82, 2.24) is 24.9 Å². The standard InChI is InChI=1S/C22H19ClN6O4S/c1-33-20-11-4-16(12-21(20)34(31,32)25-13-15-2-5-17(23)6-3-15)22(30)26-18-7-9-19(10-8-18)29-14-24-27-28-29/h2-12,14,25H,13H2,1H3,(H,26,30). The largest absolute Gasteiger partial charge is 0.495 e. The lowest BCUT2D eigenvalue weighted by Gasteiger charge is -2.13. The molecule has 1 amide bonds. The van der Waals surface area contributed by atoms with Gasteiger partial charge in [0.25, 0.3) is 5.91 Å². The summed E-state index contributed by atoms with van der Waals surface area (Å²) in [5.74, 6) is -0.363. The van der Waals surface area contributed by atoms with Crippen LogP contribution in [0.5, 0.6) is 5.75 Å². The first-order valence-electron chi connectivity index (χ1n) is 9.92. The Morgan fingerprint density at radius 3 is 2.44 bits per heavy atom. The summed E-state index contributed by atoms with van der Waals surface area (Å²) in [4.78, 5) is 12.7. The van der Waals surface area contributed by atoms with Crippen LogP contribution in [-0.2, 0) is 16.6 Å². The summed E-state index contributed by atoms with van der Waals surface area (Å²) in [6, 6.07) is 17.8. The number of benzene rings is 3. The molecule has 0 atom stereocenters. The summed E-state index contributed by atoms with van der Waals surface area (Å²) in [6.07, 6.45) is 1.45. The summed E-state index contributed by atoms with van der Waals surface area (Å²) in [5, 5.41) is 14.2. The average molecular weight is 499 g/mol. The molecular formula is C22H19ClN6O4S. The molecule has 0 saturated carbocycles. The molecule has 10 nitrogen and oxygen atoms in total. The SMILES string of the molecule is COc1ccc(C(=O)Nc2ccc(-n3cnnn3)cc2)cc1S(=O)(=O)NCc1ccc(Cl)cc1. The normalized spacial score (nSPS) is 11.2. The molecule has 3 aromatic carbocycles. The van der Waals surface area contributed by atoms with Crippen molar-refractivity contribution >= 4 is 33.2 Å². The number of methoxy groups -OCH3 is 1. The number of carbonyl (C=O) groups is 1. The van der Waals surface area contributed by atoms with E-state index in [-0.39, 0.29) is 22.8 Å². The number of amides is 1. The van der Waals surface area contributed by atoms with Crippen molar-refractivity contribution in [1.29, 1.82) is 0 Å². The molecular weight excluding hydrogens is 480 g/mol. The van der Waals surface area contributed by atoms with Crippen LogP contribution in [0.4, 0.5) is 5.69 Å². The van der Waals surface area contributed by atoms with Crippen LogP contribution in [-0.4, -0.2) is 41.6 Å². The second kappa shape index (κ2) is 10.00. The van der Waals surface area contributed by atoms with Gasteiger partial charge in [0.15, 0.2) is 0 Å². The molecule has 0 bridgehead atoms. The summed E-state index contributed by atoms with van der Waals surface area (Å²) in [7, 11) is -2.62. The van der Waals surface area contributed by atoms with Gasteiger partial charge in [-0.25, -0.2) is 17.8 Å². The van der Waals surface area contributed by atoms with Crippen molar-refractivity contribution in [2.45, 2.75) is 11.4 Å². The molecule has 0 radical (unpaired) electrons. The van der Waals surface area contributed by atoms with Crippen molar-refractivity contribution in [3.05, 3.63) is 89.2 Å². The molecule has 0 unspecified atom stereocenters. The average Bonchev–Trinajstić information content (AvgIpc) is 3.39. The fourth-order valence-electron chi connectivity index (χ4n) is 3.07. The summed E-state index contributed by atoms with van der Waals surface area (Å²) in [5.41, 5.74) is 2.11. The van der Waals surface area contributed by atoms with E-state index >= 15 is 0 Å². The Balaban J connectivity index is 1.51. The van der Waals surface area contributed by atoms with Crippen LogP contribution in [0, 0.1) is 0 Å². The van der Waals surface area contributed by atoms with E-state index in [0.717, 1.165) is 5.56 Å². The van der Waals surface area contributed by atoms with Crippen LogP contribution >= 0.6 is 11.6 Å². The summed E-state index contributed by atoms with van der Waals surface area (Å²) < 4.78 is 35.1. The van der Waals surface area contributed by atoms with Gasteiger partial charge in [-0.05, 0) is 70.6 Å². The van der Waals surface area contributed by atoms with Gasteiger partial charge in [0, 0.05) is 22.8 Å². The highest BCUT2D eigenvalue weighted by atomic mass is 35.5. The highest BCUT2D eigenvalue weighted by molar-refractivity contribution is 7.89. The second-order valence-corrected chi connectivity index (χ2v) is 9.24. The van der Waals surface area contributed by atoms with E-state index in [0.29, 0.717) is 16.4 Å². The summed E-state index contributed by atoms with van der Waals surface area (Å²) >= 11 is 5.87. The van der Waals surface area contributed by atoms with E-state index in [2.05, 4.69) is 25.6 Å². The number of hydrogen-bond acceptors (Lipinski definition) is 7. The highest BCUT2D eigenvalue weighted by Crippen LogP contribution is 2.26. The third-order valence-corrected chi connectivity index (χ3v) is 6.51. The van der Waals surface area contributed by atoms with Crippen LogP contribution in [0.1, 0.15) is 15.9 Å². The van der Waals surface area contributed by atoms with Crippen LogP contribution in [0.25, 0.3) is 5.69 Å². The number of tetrazole rings is 1. The Hall–Kier alpha value is -3.80. The van der Waals surface area contributed by atoms with Gasteiger partial charge in [-0.2, -0.15) is 0 Å². The molecule has 0 spiro atoms. The number of anilines is 1. The van der Waals surface area contributed by atoms with Gasteiger partial charge >= 0.3 is 0 Å². The topological polar surface area (TPSA) is 128 Å². The number of halogens is 1. The first-order chi connectivity index (χ1) is 16.4. The molecule has 0 aliphatic heterocycles. The number of rotatable bonds is 8. The lowest BCUT2D eigenvalue weighted by atomic mass is 10.2. The van der Waals surface area contributed by atoms with Gasteiger partial charge < -0.3 is 10.1 Å². The monoisotopic (exact) mass is 498 g/mol. The van der Waals surface area contributed by atoms with Gasteiger partial charge in [0.2, 0.25) is 10.0 Å². The number of nitrogens with zero attached hydrogens (tertiary/aromatic N) is 4. The Labute approximate surface area is 200 Å². The molecule has 1 aromatic heterocycles. The highest BCUT2D eigenvalue weighted by Gasteiger charge is 2.22. The van der Waals surface area contributed by atoms with E-state index < -0.39 is 15.9 Å². The molecule has 4 aromatic rings. The second-order valence-electron chi connectivity index (χ2n) is 7.07. The number of ether oxygens (including phenoxy) is 1. The van der Waals surface area contributed by atoms with Crippen LogP contribution in [0.15, 0.2) is 78.0 Å². The van der Waals surface area contributed by atoms with E-state index in [1.807, 2.05) is 0 Å². The van der Waals surface area contributed by atoms with Crippen LogP contribution in [0.3, 0.4) is 0 Å². The third-order valence-electron chi connectivity index (χ3n) is 4.83. The number of sulfonamides is 1. The minimum absolute atomic E-state index is 0.0483. The minimum atomic E-state index is -3.98. The zero-order chi connectivity index (χ0) is 24.1. The maximum atomic E-state index is 13.0. The van der Waals surface area contributed by atoms with Crippen molar-refractivity contribution in [2.75, 3.05) is 12.4 Å². The van der Waals surface area contributed by atoms with Gasteiger partial charge in [0.05, 0.1) is 12.8 Å². The molecule has 0 fully saturated rings. The lowest BCUT2D eigenvalue weighted by Crippen LogP contribution is -2.24. The van der Waals surface area contributed by atoms with E-state index in [4.69, 9.17) is 16.3 Å². The molecule has 34 heavy (non-hydrogen) atoms. The summed E-state index contributed by atoms with van der Waals surface area (Å²) in [6.45, 7) is 0.0483. The number of carbonyl (C=O) groups excluding carboxylic acids is 1. The number of hydrogen-bond donors (Lipinski definition) is 2. The van der Waals surface area contributed by atoms with Crippen molar-refractivity contribution in [2.24, 2.45) is 0 Å². The first kappa shape index (κ1) is 23.4. The van der Waals surface area contributed by atoms with E-state index in [9.17, 15) is 13.2 Å². The quantitative estimate of drug-likeness (QED) is 0.382. The predicted octanol–water partition coefficient (Wildman–Crippen LogP) is 3.06. The molecule has 4 rings (SSSR count). The van der Waals surface area contributed by atoms with E-state index in [1.54, 1.807) is 48.5 Å². The van der Waals surface area contributed by atoms with E-state index in [1.165, 1.54) is 36.3 Å². The minimum Gasteiger partial charge on any atom is -0.495 e. The zero-order valence-electron chi connectivity index (χ0n) is 17.8. The van der Waals surface area contributed by atoms with Crippen LogP contribution in [0.2, 0.25) is 5.02 Å².